The summed E-state index contributed by atoms with van der Waals surface area (Å²) in [5.41, 5.74) is 0. The van der Waals surface area contributed by atoms with Crippen LogP contribution in [-0.4, -0.2) is 43.9 Å². The minimum absolute atomic E-state index is 0.0926. The number of rotatable bonds is 2. The summed E-state index contributed by atoms with van der Waals surface area (Å²) in [5.74, 6) is 0. The minimum Gasteiger partial charge on any atom is -0.371 e. The number of hydrogen-bond donors (Lipinski definition) is 0. The smallest absolute Gasteiger partial charge is 0.128 e. The van der Waals surface area contributed by atoms with Gasteiger partial charge in [-0.3, -0.25) is 0 Å². The third-order valence-electron chi connectivity index (χ3n) is 1.97. The first-order valence-corrected chi connectivity index (χ1v) is 4.04. The summed E-state index contributed by atoms with van der Waals surface area (Å²) < 4.78 is 18.2. The van der Waals surface area contributed by atoms with Crippen molar-refractivity contribution in [2.45, 2.75) is 31.7 Å². The van der Waals surface area contributed by atoms with Crippen molar-refractivity contribution in [3.63, 3.8) is 0 Å². The Hall–Kier alpha value is -0.150. The Morgan fingerprint density at radius 2 is 2.18 bits per heavy atom. The number of ether oxygens (including phenoxy) is 1. The van der Waals surface area contributed by atoms with Crippen LogP contribution in [0.25, 0.3) is 0 Å². The van der Waals surface area contributed by atoms with Crippen LogP contribution in [0.3, 0.4) is 0 Å². The van der Waals surface area contributed by atoms with Gasteiger partial charge in [0.2, 0.25) is 0 Å². The van der Waals surface area contributed by atoms with Gasteiger partial charge in [0.25, 0.3) is 0 Å². The van der Waals surface area contributed by atoms with Crippen molar-refractivity contribution in [3.05, 3.63) is 0 Å². The molecular formula is C8H16FNO. The summed E-state index contributed by atoms with van der Waals surface area (Å²) >= 11 is 0. The van der Waals surface area contributed by atoms with Crippen molar-refractivity contribution in [2.24, 2.45) is 0 Å². The second-order valence-electron chi connectivity index (χ2n) is 3.48. The van der Waals surface area contributed by atoms with E-state index >= 15 is 0 Å². The molecule has 0 saturated carbocycles. The second kappa shape index (κ2) is 3.50. The van der Waals surface area contributed by atoms with Crippen molar-refractivity contribution < 1.29 is 9.13 Å². The molecule has 0 bridgehead atoms. The fourth-order valence-corrected chi connectivity index (χ4v) is 1.41. The molecule has 2 nitrogen and oxygen atoms in total. The molecule has 0 aromatic carbocycles. The van der Waals surface area contributed by atoms with Crippen molar-refractivity contribution in [1.29, 1.82) is 0 Å². The molecular weight excluding hydrogens is 145 g/mol. The van der Waals surface area contributed by atoms with Gasteiger partial charge in [0, 0.05) is 13.0 Å². The molecule has 66 valence electrons. The molecule has 0 radical (unpaired) electrons. The van der Waals surface area contributed by atoms with Crippen LogP contribution < -0.4 is 0 Å². The predicted octanol–water partition coefficient (Wildman–Crippen LogP) is 1.06. The molecule has 0 aromatic heterocycles. The van der Waals surface area contributed by atoms with E-state index in [2.05, 4.69) is 0 Å². The van der Waals surface area contributed by atoms with Crippen LogP contribution in [-0.2, 0) is 4.74 Å². The topological polar surface area (TPSA) is 12.5 Å². The standard InChI is InChI=1S/C8H16FNO/c1-6-8(9)4-7(11-6)5-10(2)3/h6-8H,4-5H2,1-3H3/t6-,7-,8+/m0/s1. The van der Waals surface area contributed by atoms with Gasteiger partial charge in [-0.15, -0.1) is 0 Å². The van der Waals surface area contributed by atoms with E-state index in [0.717, 1.165) is 6.54 Å². The Morgan fingerprint density at radius 1 is 1.55 bits per heavy atom. The summed E-state index contributed by atoms with van der Waals surface area (Å²) in [7, 11) is 3.94. The molecule has 1 aliphatic heterocycles. The average Bonchev–Trinajstić information content (AvgIpc) is 2.10. The Morgan fingerprint density at radius 3 is 2.55 bits per heavy atom. The van der Waals surface area contributed by atoms with Crippen LogP contribution in [0.15, 0.2) is 0 Å². The maximum Gasteiger partial charge on any atom is 0.128 e. The van der Waals surface area contributed by atoms with E-state index < -0.39 is 6.17 Å². The summed E-state index contributed by atoms with van der Waals surface area (Å²) in [6.07, 6.45) is -0.325. The fourth-order valence-electron chi connectivity index (χ4n) is 1.41. The molecule has 11 heavy (non-hydrogen) atoms. The molecule has 0 aromatic rings. The lowest BCUT2D eigenvalue weighted by Crippen LogP contribution is -2.25. The van der Waals surface area contributed by atoms with E-state index in [1.807, 2.05) is 19.0 Å². The largest absolute Gasteiger partial charge is 0.371 e. The summed E-state index contributed by atoms with van der Waals surface area (Å²) in [4.78, 5) is 2.02. The van der Waals surface area contributed by atoms with Gasteiger partial charge in [-0.05, 0) is 21.0 Å². The van der Waals surface area contributed by atoms with Crippen LogP contribution >= 0.6 is 0 Å². The highest BCUT2D eigenvalue weighted by molar-refractivity contribution is 4.80. The zero-order valence-corrected chi connectivity index (χ0v) is 7.38. The van der Waals surface area contributed by atoms with Gasteiger partial charge in [-0.25, -0.2) is 4.39 Å². The molecule has 1 heterocycles. The van der Waals surface area contributed by atoms with Gasteiger partial charge in [0.15, 0.2) is 0 Å². The third kappa shape index (κ3) is 2.42. The van der Waals surface area contributed by atoms with Crippen molar-refractivity contribution in [3.8, 4) is 0 Å². The van der Waals surface area contributed by atoms with Crippen molar-refractivity contribution in [2.75, 3.05) is 20.6 Å². The molecule has 3 atom stereocenters. The van der Waals surface area contributed by atoms with Gasteiger partial charge in [0.05, 0.1) is 12.2 Å². The molecule has 1 saturated heterocycles. The quantitative estimate of drug-likeness (QED) is 0.600. The Kier molecular flexibility index (Phi) is 2.84. The van der Waals surface area contributed by atoms with Crippen LogP contribution in [0.1, 0.15) is 13.3 Å². The Labute approximate surface area is 67.3 Å². The molecule has 0 aliphatic carbocycles. The first kappa shape index (κ1) is 8.94. The first-order chi connectivity index (χ1) is 5.09. The lowest BCUT2D eigenvalue weighted by atomic mass is 10.2. The number of likely N-dealkylation sites (N-methyl/N-ethyl adjacent to an activating group) is 1. The van der Waals surface area contributed by atoms with E-state index in [1.165, 1.54) is 0 Å². The molecule has 0 unspecified atom stereocenters. The van der Waals surface area contributed by atoms with Gasteiger partial charge in [-0.1, -0.05) is 0 Å². The van der Waals surface area contributed by atoms with E-state index in [1.54, 1.807) is 6.92 Å². The molecule has 0 amide bonds. The zero-order valence-electron chi connectivity index (χ0n) is 7.38. The highest BCUT2D eigenvalue weighted by Crippen LogP contribution is 2.22. The third-order valence-corrected chi connectivity index (χ3v) is 1.97. The molecule has 0 N–H and O–H groups in total. The minimum atomic E-state index is -0.764. The maximum atomic E-state index is 12.9. The molecule has 1 fully saturated rings. The summed E-state index contributed by atoms with van der Waals surface area (Å²) in [6, 6.07) is 0. The lowest BCUT2D eigenvalue weighted by Gasteiger charge is -2.15. The number of alkyl halides is 1. The van der Waals surface area contributed by atoms with Gasteiger partial charge < -0.3 is 9.64 Å². The first-order valence-electron chi connectivity index (χ1n) is 4.04. The highest BCUT2D eigenvalue weighted by Gasteiger charge is 2.31. The van der Waals surface area contributed by atoms with Crippen molar-refractivity contribution >= 4 is 0 Å². The van der Waals surface area contributed by atoms with Crippen molar-refractivity contribution in [1.82, 2.24) is 4.90 Å². The van der Waals surface area contributed by atoms with E-state index in [9.17, 15) is 4.39 Å². The molecule has 1 rings (SSSR count). The van der Waals surface area contributed by atoms with Gasteiger partial charge >= 0.3 is 0 Å². The number of hydrogen-bond acceptors (Lipinski definition) is 2. The normalized spacial score (nSPS) is 38.5. The van der Waals surface area contributed by atoms with Gasteiger partial charge in [0.1, 0.15) is 6.17 Å². The molecule has 3 heteroatoms. The van der Waals surface area contributed by atoms with E-state index in [-0.39, 0.29) is 12.2 Å². The number of halogens is 1. The number of nitrogens with zero attached hydrogens (tertiary/aromatic N) is 1. The zero-order chi connectivity index (χ0) is 8.43. The van der Waals surface area contributed by atoms with Crippen LogP contribution in [0, 0.1) is 0 Å². The average molecular weight is 161 g/mol. The van der Waals surface area contributed by atoms with Crippen LogP contribution in [0.5, 0.6) is 0 Å². The molecule has 0 spiro atoms. The second-order valence-corrected chi connectivity index (χ2v) is 3.48. The molecule has 1 aliphatic rings. The monoisotopic (exact) mass is 161 g/mol. The lowest BCUT2D eigenvalue weighted by molar-refractivity contribution is 0.0285. The van der Waals surface area contributed by atoms with Gasteiger partial charge in [-0.2, -0.15) is 0 Å². The van der Waals surface area contributed by atoms with E-state index in [4.69, 9.17) is 4.74 Å². The Balaban J connectivity index is 2.29. The predicted molar refractivity (Wildman–Crippen MR) is 42.4 cm³/mol. The fraction of sp³-hybridized carbons (Fsp3) is 1.00. The summed E-state index contributed by atoms with van der Waals surface area (Å²) in [5, 5.41) is 0. The maximum absolute atomic E-state index is 12.9. The van der Waals surface area contributed by atoms with Crippen LogP contribution in [0.2, 0.25) is 0 Å². The summed E-state index contributed by atoms with van der Waals surface area (Å²) in [6.45, 7) is 2.62. The Bertz CT molecular complexity index is 117. The van der Waals surface area contributed by atoms with Crippen LogP contribution in [0.4, 0.5) is 4.39 Å². The highest BCUT2D eigenvalue weighted by atomic mass is 19.1. The van der Waals surface area contributed by atoms with E-state index in [0.29, 0.717) is 6.42 Å². The SMILES string of the molecule is C[C@@H]1O[C@H](CN(C)C)C[C@H]1F.